The van der Waals surface area contributed by atoms with Crippen LogP contribution in [0.3, 0.4) is 0 Å². The van der Waals surface area contributed by atoms with Gasteiger partial charge in [0.15, 0.2) is 0 Å². The Morgan fingerprint density at radius 1 is 1.29 bits per heavy atom. The van der Waals surface area contributed by atoms with E-state index in [9.17, 15) is 5.11 Å². The van der Waals surface area contributed by atoms with Crippen LogP contribution in [0, 0.1) is 0 Å². The van der Waals surface area contributed by atoms with Crippen molar-refractivity contribution in [2.24, 2.45) is 0 Å². The van der Waals surface area contributed by atoms with Gasteiger partial charge in [-0.05, 0) is 12.1 Å². The number of aliphatic hydroxyl groups is 1. The van der Waals surface area contributed by atoms with E-state index in [2.05, 4.69) is 9.97 Å². The number of para-hydroxylation sites is 1. The molecule has 2 aromatic rings. The van der Waals surface area contributed by atoms with E-state index in [1.807, 2.05) is 6.07 Å². The second-order valence-electron chi connectivity index (χ2n) is 2.92. The van der Waals surface area contributed by atoms with Crippen LogP contribution in [-0.4, -0.2) is 20.2 Å². The maximum absolute atomic E-state index is 9.54. The van der Waals surface area contributed by atoms with Gasteiger partial charge in [0.2, 0.25) is 0 Å². The zero-order chi connectivity index (χ0) is 9.97. The molecule has 0 amide bonds. The molecule has 1 heterocycles. The van der Waals surface area contributed by atoms with Crippen LogP contribution in [0.1, 0.15) is 5.82 Å². The molecule has 3 N–H and O–H groups in total. The molecule has 0 bridgehead atoms. The number of benzene rings is 1. The predicted molar refractivity (Wildman–Crippen MR) is 51.6 cm³/mol. The minimum atomic E-state index is -0.131. The highest BCUT2D eigenvalue weighted by Gasteiger charge is 2.05. The molecule has 0 saturated heterocycles. The van der Waals surface area contributed by atoms with Crippen LogP contribution in [0.4, 0.5) is 0 Å². The number of aromatic hydroxyl groups is 1. The van der Waals surface area contributed by atoms with Crippen LogP contribution >= 0.6 is 0 Å². The summed E-state index contributed by atoms with van der Waals surface area (Å²) in [5.41, 5.74) is 1.38. The number of hydrogen-bond donors (Lipinski definition) is 3. The molecule has 4 heteroatoms. The third-order valence-electron chi connectivity index (χ3n) is 1.97. The maximum atomic E-state index is 9.54. The number of aromatic amines is 1. The van der Waals surface area contributed by atoms with Crippen molar-refractivity contribution in [3.05, 3.63) is 36.3 Å². The van der Waals surface area contributed by atoms with Crippen LogP contribution in [-0.2, 0) is 6.61 Å². The number of rotatable bonds is 2. The van der Waals surface area contributed by atoms with Crippen LogP contribution in [0.2, 0.25) is 0 Å². The molecule has 14 heavy (non-hydrogen) atoms. The van der Waals surface area contributed by atoms with E-state index in [0.29, 0.717) is 17.1 Å². The summed E-state index contributed by atoms with van der Waals surface area (Å²) in [5.74, 6) is 0.684. The third kappa shape index (κ3) is 1.47. The topological polar surface area (TPSA) is 69.1 Å². The molecule has 2 rings (SSSR count). The number of hydrogen-bond acceptors (Lipinski definition) is 3. The lowest BCUT2D eigenvalue weighted by Gasteiger charge is -1.99. The molecule has 72 valence electrons. The fourth-order valence-electron chi connectivity index (χ4n) is 1.28. The van der Waals surface area contributed by atoms with Crippen molar-refractivity contribution in [1.29, 1.82) is 0 Å². The highest BCUT2D eigenvalue weighted by Crippen LogP contribution is 2.26. The van der Waals surface area contributed by atoms with Crippen molar-refractivity contribution < 1.29 is 10.2 Å². The first-order valence-corrected chi connectivity index (χ1v) is 4.24. The van der Waals surface area contributed by atoms with E-state index in [-0.39, 0.29) is 12.4 Å². The van der Waals surface area contributed by atoms with E-state index in [0.717, 1.165) is 0 Å². The molecule has 0 aliphatic carbocycles. The third-order valence-corrected chi connectivity index (χ3v) is 1.97. The molecule has 1 aromatic carbocycles. The van der Waals surface area contributed by atoms with Gasteiger partial charge in [-0.15, -0.1) is 0 Å². The van der Waals surface area contributed by atoms with E-state index >= 15 is 0 Å². The summed E-state index contributed by atoms with van der Waals surface area (Å²) in [6, 6.07) is 6.97. The first-order valence-electron chi connectivity index (χ1n) is 4.24. The van der Waals surface area contributed by atoms with Crippen molar-refractivity contribution >= 4 is 0 Å². The van der Waals surface area contributed by atoms with Gasteiger partial charge in [0, 0.05) is 5.56 Å². The van der Waals surface area contributed by atoms with Crippen molar-refractivity contribution in [2.75, 3.05) is 0 Å². The molecule has 0 unspecified atom stereocenters. The Hall–Kier alpha value is -1.81. The van der Waals surface area contributed by atoms with Crippen molar-refractivity contribution in [1.82, 2.24) is 9.97 Å². The smallest absolute Gasteiger partial charge is 0.132 e. The molecular weight excluding hydrogens is 180 g/mol. The first-order chi connectivity index (χ1) is 6.81. The summed E-state index contributed by atoms with van der Waals surface area (Å²) in [6.07, 6.45) is 1.58. The molecule has 0 atom stereocenters. The van der Waals surface area contributed by atoms with Gasteiger partial charge in [-0.25, -0.2) is 4.98 Å². The Balaban J connectivity index is 2.44. The van der Waals surface area contributed by atoms with Gasteiger partial charge in [-0.1, -0.05) is 12.1 Å². The van der Waals surface area contributed by atoms with Gasteiger partial charge >= 0.3 is 0 Å². The zero-order valence-corrected chi connectivity index (χ0v) is 7.44. The number of H-pyrrole nitrogens is 1. The van der Waals surface area contributed by atoms with Gasteiger partial charge in [0.05, 0.1) is 11.9 Å². The van der Waals surface area contributed by atoms with Crippen LogP contribution in [0.25, 0.3) is 11.3 Å². The molecule has 0 saturated carbocycles. The largest absolute Gasteiger partial charge is 0.507 e. The molecular formula is C10H10N2O2. The molecule has 0 aliphatic rings. The Kier molecular flexibility index (Phi) is 2.20. The summed E-state index contributed by atoms with van der Waals surface area (Å²) in [6.45, 7) is -0.131. The summed E-state index contributed by atoms with van der Waals surface area (Å²) in [5, 5.41) is 18.3. The van der Waals surface area contributed by atoms with E-state index in [1.165, 1.54) is 0 Å². The van der Waals surface area contributed by atoms with Crippen molar-refractivity contribution in [2.45, 2.75) is 6.61 Å². The minimum Gasteiger partial charge on any atom is -0.507 e. The van der Waals surface area contributed by atoms with Gasteiger partial charge in [0.25, 0.3) is 0 Å². The second-order valence-corrected chi connectivity index (χ2v) is 2.92. The normalized spacial score (nSPS) is 10.4. The fourth-order valence-corrected chi connectivity index (χ4v) is 1.28. The fraction of sp³-hybridized carbons (Fsp3) is 0.100. The monoisotopic (exact) mass is 190 g/mol. The van der Waals surface area contributed by atoms with Crippen LogP contribution in [0.15, 0.2) is 30.5 Å². The summed E-state index contributed by atoms with van der Waals surface area (Å²) < 4.78 is 0. The lowest BCUT2D eigenvalue weighted by Crippen LogP contribution is -1.85. The average Bonchev–Trinajstić information content (AvgIpc) is 2.67. The number of nitrogens with one attached hydrogen (secondary N) is 1. The summed E-state index contributed by atoms with van der Waals surface area (Å²) in [4.78, 5) is 6.83. The first kappa shape index (κ1) is 8.77. The van der Waals surface area contributed by atoms with E-state index in [1.54, 1.807) is 24.4 Å². The quantitative estimate of drug-likeness (QED) is 0.668. The van der Waals surface area contributed by atoms with Gasteiger partial charge in [0.1, 0.15) is 18.2 Å². The Labute approximate surface area is 80.9 Å². The Morgan fingerprint density at radius 2 is 2.07 bits per heavy atom. The van der Waals surface area contributed by atoms with E-state index in [4.69, 9.17) is 5.11 Å². The van der Waals surface area contributed by atoms with Gasteiger partial charge in [-0.3, -0.25) is 0 Å². The number of aromatic nitrogens is 2. The van der Waals surface area contributed by atoms with Crippen molar-refractivity contribution in [3.8, 4) is 17.0 Å². The molecule has 0 radical (unpaired) electrons. The molecule has 0 spiro atoms. The van der Waals surface area contributed by atoms with Crippen LogP contribution < -0.4 is 0 Å². The number of phenols is 1. The standard InChI is InChI=1S/C10H10N2O2/c13-6-10-11-5-8(12-10)7-3-1-2-4-9(7)14/h1-5,13-14H,6H2,(H,11,12). The lowest BCUT2D eigenvalue weighted by molar-refractivity contribution is 0.272. The Bertz CT molecular complexity index is 437. The van der Waals surface area contributed by atoms with E-state index < -0.39 is 0 Å². The Morgan fingerprint density at radius 3 is 2.71 bits per heavy atom. The predicted octanol–water partition coefficient (Wildman–Crippen LogP) is 1.27. The number of aliphatic hydroxyl groups excluding tert-OH is 1. The number of phenolic OH excluding ortho intramolecular Hbond substituents is 1. The average molecular weight is 190 g/mol. The van der Waals surface area contributed by atoms with Gasteiger partial charge < -0.3 is 15.2 Å². The van der Waals surface area contributed by atoms with Gasteiger partial charge in [-0.2, -0.15) is 0 Å². The van der Waals surface area contributed by atoms with Crippen LogP contribution in [0.5, 0.6) is 5.75 Å². The molecule has 4 nitrogen and oxygen atoms in total. The zero-order valence-electron chi connectivity index (χ0n) is 7.44. The summed E-state index contributed by atoms with van der Waals surface area (Å²) >= 11 is 0. The second kappa shape index (κ2) is 3.51. The molecule has 0 fully saturated rings. The molecule has 0 aliphatic heterocycles. The highest BCUT2D eigenvalue weighted by molar-refractivity contribution is 5.65. The summed E-state index contributed by atoms with van der Waals surface area (Å²) in [7, 11) is 0. The maximum Gasteiger partial charge on any atom is 0.132 e. The minimum absolute atomic E-state index is 0.131. The lowest BCUT2D eigenvalue weighted by atomic mass is 10.1. The van der Waals surface area contributed by atoms with Crippen molar-refractivity contribution in [3.63, 3.8) is 0 Å². The number of imidazole rings is 1. The number of nitrogens with zero attached hydrogens (tertiary/aromatic N) is 1. The highest BCUT2D eigenvalue weighted by atomic mass is 16.3. The molecule has 1 aromatic heterocycles. The SMILES string of the molecule is OCc1ncc(-c2ccccc2O)[nH]1.